The molecular formula is C18H15BrClNO2. The van der Waals surface area contributed by atoms with Crippen LogP contribution in [-0.2, 0) is 4.79 Å². The maximum atomic E-state index is 12.1. The first kappa shape index (κ1) is 17.4. The Hall–Kier alpha value is -1.91. The van der Waals surface area contributed by atoms with Crippen molar-refractivity contribution in [2.45, 2.75) is 11.8 Å². The van der Waals surface area contributed by atoms with Gasteiger partial charge in [0.15, 0.2) is 5.78 Å². The molecule has 0 aromatic heterocycles. The van der Waals surface area contributed by atoms with Gasteiger partial charge >= 0.3 is 0 Å². The summed E-state index contributed by atoms with van der Waals surface area (Å²) in [7, 11) is 0. The summed E-state index contributed by atoms with van der Waals surface area (Å²) in [6.07, 6.45) is 3.25. The minimum Gasteiger partial charge on any atom is -0.325 e. The summed E-state index contributed by atoms with van der Waals surface area (Å²) in [5.41, 5.74) is 2.11. The van der Waals surface area contributed by atoms with Gasteiger partial charge in [-0.2, -0.15) is 0 Å². The Labute approximate surface area is 148 Å². The molecule has 23 heavy (non-hydrogen) atoms. The minimum absolute atomic E-state index is 0.105. The van der Waals surface area contributed by atoms with Crippen molar-refractivity contribution >= 4 is 51.0 Å². The quantitative estimate of drug-likeness (QED) is 0.444. The van der Waals surface area contributed by atoms with Crippen LogP contribution in [0.4, 0.5) is 5.69 Å². The van der Waals surface area contributed by atoms with Crippen molar-refractivity contribution in [1.29, 1.82) is 0 Å². The molecule has 5 heteroatoms. The zero-order chi connectivity index (χ0) is 16.8. The first-order valence-corrected chi connectivity index (χ1v) is 8.28. The number of alkyl halides is 1. The highest BCUT2D eigenvalue weighted by Gasteiger charge is 2.09. The number of halogens is 2. The number of ketones is 1. The number of hydrogen-bond acceptors (Lipinski definition) is 2. The number of nitrogens with one attached hydrogen (secondary N) is 1. The van der Waals surface area contributed by atoms with Gasteiger partial charge in [0.1, 0.15) is 0 Å². The van der Waals surface area contributed by atoms with E-state index in [0.29, 0.717) is 16.3 Å². The third-order valence-electron chi connectivity index (χ3n) is 3.10. The van der Waals surface area contributed by atoms with Crippen molar-refractivity contribution < 1.29 is 9.59 Å². The van der Waals surface area contributed by atoms with Crippen molar-refractivity contribution in [3.05, 3.63) is 70.8 Å². The molecule has 0 fully saturated rings. The molecule has 0 aliphatic heterocycles. The summed E-state index contributed by atoms with van der Waals surface area (Å²) in [4.78, 5) is 23.4. The van der Waals surface area contributed by atoms with E-state index >= 15 is 0 Å². The lowest BCUT2D eigenvalue weighted by Crippen LogP contribution is -2.19. The number of benzene rings is 2. The highest BCUT2D eigenvalue weighted by atomic mass is 79.9. The number of hydrogen-bond donors (Lipinski definition) is 1. The van der Waals surface area contributed by atoms with E-state index in [0.717, 1.165) is 5.56 Å². The standard InChI is InChI=1S/C18H15BrClNO2/c1-12(19)18(23)21-16-9-5-14(6-10-16)17(22)11-4-13-2-7-15(20)8-3-13/h2-12H,1H3,(H,21,23)/b11-4+. The monoisotopic (exact) mass is 391 g/mol. The van der Waals surface area contributed by atoms with Crippen molar-refractivity contribution in [3.8, 4) is 0 Å². The third kappa shape index (κ3) is 5.34. The largest absolute Gasteiger partial charge is 0.325 e. The first-order chi connectivity index (χ1) is 11.0. The van der Waals surface area contributed by atoms with E-state index in [9.17, 15) is 9.59 Å². The highest BCUT2D eigenvalue weighted by Crippen LogP contribution is 2.14. The van der Waals surface area contributed by atoms with Gasteiger partial charge in [-0.3, -0.25) is 9.59 Å². The van der Waals surface area contributed by atoms with Crippen LogP contribution >= 0.6 is 27.5 Å². The number of carbonyl (C=O) groups excluding carboxylic acids is 2. The fourth-order valence-corrected chi connectivity index (χ4v) is 2.04. The summed E-state index contributed by atoms with van der Waals surface area (Å²) < 4.78 is 0. The van der Waals surface area contributed by atoms with Crippen LogP contribution in [-0.4, -0.2) is 16.5 Å². The number of rotatable bonds is 5. The fourth-order valence-electron chi connectivity index (χ4n) is 1.80. The molecule has 2 rings (SSSR count). The maximum absolute atomic E-state index is 12.1. The molecule has 0 heterocycles. The first-order valence-electron chi connectivity index (χ1n) is 6.98. The normalized spacial score (nSPS) is 12.1. The van der Waals surface area contributed by atoms with Crippen LogP contribution in [0.2, 0.25) is 5.02 Å². The van der Waals surface area contributed by atoms with Gasteiger partial charge in [-0.15, -0.1) is 0 Å². The van der Waals surface area contributed by atoms with Gasteiger partial charge in [0, 0.05) is 16.3 Å². The second-order valence-corrected chi connectivity index (χ2v) is 6.74. The number of carbonyl (C=O) groups is 2. The Morgan fingerprint density at radius 2 is 1.70 bits per heavy atom. The Morgan fingerprint density at radius 1 is 1.09 bits per heavy atom. The predicted molar refractivity (Wildman–Crippen MR) is 98.3 cm³/mol. The molecule has 0 saturated heterocycles. The molecule has 0 radical (unpaired) electrons. The number of allylic oxidation sites excluding steroid dienone is 1. The third-order valence-corrected chi connectivity index (χ3v) is 3.76. The van der Waals surface area contributed by atoms with Crippen LogP contribution in [0.3, 0.4) is 0 Å². The highest BCUT2D eigenvalue weighted by molar-refractivity contribution is 9.10. The van der Waals surface area contributed by atoms with Crippen LogP contribution in [0.1, 0.15) is 22.8 Å². The van der Waals surface area contributed by atoms with Crippen LogP contribution in [0.15, 0.2) is 54.6 Å². The van der Waals surface area contributed by atoms with E-state index in [2.05, 4.69) is 21.2 Å². The second-order valence-electron chi connectivity index (χ2n) is 4.93. The molecular weight excluding hydrogens is 378 g/mol. The molecule has 118 valence electrons. The van der Waals surface area contributed by atoms with E-state index in [1.54, 1.807) is 49.4 Å². The number of amides is 1. The van der Waals surface area contributed by atoms with Crippen LogP contribution in [0.25, 0.3) is 6.08 Å². The smallest absolute Gasteiger partial charge is 0.237 e. The summed E-state index contributed by atoms with van der Waals surface area (Å²) in [6, 6.07) is 14.0. The topological polar surface area (TPSA) is 46.2 Å². The molecule has 1 unspecified atom stereocenters. The average molecular weight is 393 g/mol. The molecule has 0 aliphatic carbocycles. The summed E-state index contributed by atoms with van der Waals surface area (Å²) in [5.74, 6) is -0.238. The SMILES string of the molecule is CC(Br)C(=O)Nc1ccc(C(=O)/C=C/c2ccc(Cl)cc2)cc1. The van der Waals surface area contributed by atoms with Crippen LogP contribution in [0, 0.1) is 0 Å². The lowest BCUT2D eigenvalue weighted by Gasteiger charge is -2.06. The van der Waals surface area contributed by atoms with Gasteiger partial charge in [0.25, 0.3) is 0 Å². The van der Waals surface area contributed by atoms with Gasteiger partial charge in [-0.05, 0) is 55.0 Å². The van der Waals surface area contributed by atoms with Gasteiger partial charge < -0.3 is 5.32 Å². The van der Waals surface area contributed by atoms with Crippen molar-refractivity contribution in [2.75, 3.05) is 5.32 Å². The molecule has 2 aromatic rings. The molecule has 3 nitrogen and oxygen atoms in total. The van der Waals surface area contributed by atoms with Crippen LogP contribution in [0.5, 0.6) is 0 Å². The average Bonchev–Trinajstić information content (AvgIpc) is 2.54. The summed E-state index contributed by atoms with van der Waals surface area (Å²) in [5, 5.41) is 3.40. The lowest BCUT2D eigenvalue weighted by atomic mass is 10.1. The molecule has 1 amide bonds. The Morgan fingerprint density at radius 3 is 2.26 bits per heavy atom. The van der Waals surface area contributed by atoms with Gasteiger partial charge in [0.05, 0.1) is 4.83 Å². The van der Waals surface area contributed by atoms with Gasteiger partial charge in [-0.25, -0.2) is 0 Å². The van der Waals surface area contributed by atoms with E-state index in [4.69, 9.17) is 11.6 Å². The molecule has 0 aliphatic rings. The molecule has 0 spiro atoms. The Kier molecular flexibility index (Phi) is 6.13. The minimum atomic E-state index is -0.272. The van der Waals surface area contributed by atoms with E-state index in [-0.39, 0.29) is 16.5 Å². The zero-order valence-electron chi connectivity index (χ0n) is 12.4. The number of anilines is 1. The summed E-state index contributed by atoms with van der Waals surface area (Å²) >= 11 is 9.02. The van der Waals surface area contributed by atoms with E-state index in [1.807, 2.05) is 12.1 Å². The zero-order valence-corrected chi connectivity index (χ0v) is 14.8. The Bertz CT molecular complexity index is 722. The molecule has 1 N–H and O–H groups in total. The molecule has 1 atom stereocenters. The fraction of sp³-hybridized carbons (Fsp3) is 0.111. The van der Waals surface area contributed by atoms with Gasteiger partial charge in [0.2, 0.25) is 5.91 Å². The lowest BCUT2D eigenvalue weighted by molar-refractivity contribution is -0.115. The predicted octanol–water partition coefficient (Wildman–Crippen LogP) is 4.96. The second kappa shape index (κ2) is 8.09. The van der Waals surface area contributed by atoms with Crippen molar-refractivity contribution in [1.82, 2.24) is 0 Å². The van der Waals surface area contributed by atoms with Crippen molar-refractivity contribution in [3.63, 3.8) is 0 Å². The molecule has 2 aromatic carbocycles. The molecule has 0 bridgehead atoms. The summed E-state index contributed by atoms with van der Waals surface area (Å²) in [6.45, 7) is 1.74. The maximum Gasteiger partial charge on any atom is 0.237 e. The van der Waals surface area contributed by atoms with E-state index < -0.39 is 0 Å². The van der Waals surface area contributed by atoms with Crippen LogP contribution < -0.4 is 5.32 Å². The molecule has 0 saturated carbocycles. The Balaban J connectivity index is 2.02. The van der Waals surface area contributed by atoms with Crippen molar-refractivity contribution in [2.24, 2.45) is 0 Å². The van der Waals surface area contributed by atoms with Gasteiger partial charge in [-0.1, -0.05) is 45.7 Å². The van der Waals surface area contributed by atoms with E-state index in [1.165, 1.54) is 6.08 Å².